The van der Waals surface area contributed by atoms with Gasteiger partial charge in [-0.1, -0.05) is 18.2 Å². The number of furan rings is 1. The lowest BCUT2D eigenvalue weighted by Crippen LogP contribution is -2.39. The number of benzene rings is 1. The molecule has 28 heavy (non-hydrogen) atoms. The molecule has 0 atom stereocenters. The quantitative estimate of drug-likeness (QED) is 0.319. The molecule has 0 radical (unpaired) electrons. The molecule has 0 fully saturated rings. The Hall–Kier alpha value is -1.75. The first kappa shape index (κ1) is 22.5. The molecule has 154 valence electrons. The van der Waals surface area contributed by atoms with Crippen molar-refractivity contribution >= 4 is 45.6 Å². The van der Waals surface area contributed by atoms with E-state index in [4.69, 9.17) is 4.42 Å². The zero-order chi connectivity index (χ0) is 19.1. The fraction of sp³-hybridized carbons (Fsp3) is 0.421. The summed E-state index contributed by atoms with van der Waals surface area (Å²) in [6.07, 6.45) is 3.14. The van der Waals surface area contributed by atoms with Crippen molar-refractivity contribution < 1.29 is 12.8 Å². The van der Waals surface area contributed by atoms with E-state index in [1.54, 1.807) is 6.26 Å². The number of anilines is 1. The van der Waals surface area contributed by atoms with Crippen molar-refractivity contribution in [2.75, 3.05) is 36.2 Å². The highest BCUT2D eigenvalue weighted by atomic mass is 127. The van der Waals surface area contributed by atoms with E-state index < -0.39 is 10.0 Å². The molecule has 7 nitrogen and oxygen atoms in total. The van der Waals surface area contributed by atoms with Crippen molar-refractivity contribution in [2.24, 2.45) is 4.99 Å². The minimum absolute atomic E-state index is 0. The highest BCUT2D eigenvalue weighted by Crippen LogP contribution is 2.29. The number of halogens is 1. The van der Waals surface area contributed by atoms with Gasteiger partial charge in [0.1, 0.15) is 5.76 Å². The monoisotopic (exact) mass is 518 g/mol. The fourth-order valence-electron chi connectivity index (χ4n) is 3.08. The molecule has 2 N–H and O–H groups in total. The van der Waals surface area contributed by atoms with Gasteiger partial charge in [-0.3, -0.25) is 9.30 Å². The molecule has 0 spiro atoms. The van der Waals surface area contributed by atoms with Gasteiger partial charge in [-0.25, -0.2) is 8.42 Å². The van der Waals surface area contributed by atoms with E-state index in [0.29, 0.717) is 25.6 Å². The minimum Gasteiger partial charge on any atom is -0.469 e. The van der Waals surface area contributed by atoms with E-state index in [-0.39, 0.29) is 36.3 Å². The van der Waals surface area contributed by atoms with Crippen LogP contribution < -0.4 is 14.9 Å². The van der Waals surface area contributed by atoms with Gasteiger partial charge >= 0.3 is 0 Å². The van der Waals surface area contributed by atoms with Crippen molar-refractivity contribution in [3.63, 3.8) is 0 Å². The van der Waals surface area contributed by atoms with Crippen molar-refractivity contribution in [2.45, 2.75) is 19.8 Å². The Kier molecular flexibility index (Phi) is 8.61. The molecule has 0 amide bonds. The van der Waals surface area contributed by atoms with Gasteiger partial charge in [-0.2, -0.15) is 0 Å². The first-order chi connectivity index (χ1) is 13.1. The largest absolute Gasteiger partial charge is 0.469 e. The second kappa shape index (κ2) is 10.7. The smallest absolute Gasteiger partial charge is 0.237 e. The molecule has 2 heterocycles. The Balaban J connectivity index is 0.00000280. The Bertz CT molecular complexity index is 869. The summed E-state index contributed by atoms with van der Waals surface area (Å²) in [6, 6.07) is 11.4. The molecule has 1 aliphatic rings. The van der Waals surface area contributed by atoms with Crippen LogP contribution in [0.1, 0.15) is 18.2 Å². The predicted octanol–water partition coefficient (Wildman–Crippen LogP) is 2.39. The van der Waals surface area contributed by atoms with Gasteiger partial charge in [0.15, 0.2) is 5.96 Å². The summed E-state index contributed by atoms with van der Waals surface area (Å²) < 4.78 is 32.2. The third kappa shape index (κ3) is 5.87. The highest BCUT2D eigenvalue weighted by molar-refractivity contribution is 14.0. The molecule has 0 saturated carbocycles. The Morgan fingerprint density at radius 3 is 2.79 bits per heavy atom. The maximum absolute atomic E-state index is 12.7. The molecule has 0 bridgehead atoms. The lowest BCUT2D eigenvalue weighted by molar-refractivity contribution is 0.507. The Labute approximate surface area is 183 Å². The van der Waals surface area contributed by atoms with Crippen LogP contribution in [0.2, 0.25) is 0 Å². The molecule has 0 unspecified atom stereocenters. The second-order valence-electron chi connectivity index (χ2n) is 6.28. The van der Waals surface area contributed by atoms with Gasteiger partial charge in [0, 0.05) is 26.1 Å². The minimum atomic E-state index is -3.38. The van der Waals surface area contributed by atoms with Crippen molar-refractivity contribution in [3.8, 4) is 0 Å². The molecule has 1 aromatic heterocycles. The number of para-hydroxylation sites is 1. The van der Waals surface area contributed by atoms with Crippen molar-refractivity contribution in [3.05, 3.63) is 54.0 Å². The van der Waals surface area contributed by atoms with Crippen LogP contribution in [0.25, 0.3) is 0 Å². The third-order valence-electron chi connectivity index (χ3n) is 4.39. The van der Waals surface area contributed by atoms with Gasteiger partial charge in [0.05, 0.1) is 24.2 Å². The topological polar surface area (TPSA) is 86.9 Å². The lowest BCUT2D eigenvalue weighted by Gasteiger charge is -2.19. The number of rotatable bonds is 8. The number of hydrogen-bond acceptors (Lipinski definition) is 4. The molecule has 2 aromatic rings. The van der Waals surface area contributed by atoms with E-state index >= 15 is 0 Å². The van der Waals surface area contributed by atoms with Crippen LogP contribution in [0.15, 0.2) is 52.1 Å². The molecular formula is C19H27IN4O3S. The zero-order valence-corrected chi connectivity index (χ0v) is 19.1. The second-order valence-corrected chi connectivity index (χ2v) is 8.30. The number of hydrogen-bond donors (Lipinski definition) is 2. The van der Waals surface area contributed by atoms with E-state index in [1.165, 1.54) is 4.31 Å². The molecule has 0 aliphatic carbocycles. The van der Waals surface area contributed by atoms with E-state index in [0.717, 1.165) is 29.9 Å². The number of nitrogens with zero attached hydrogens (tertiary/aromatic N) is 2. The number of guanidine groups is 1. The Morgan fingerprint density at radius 1 is 1.21 bits per heavy atom. The molecule has 9 heteroatoms. The van der Waals surface area contributed by atoms with Gasteiger partial charge < -0.3 is 15.1 Å². The summed E-state index contributed by atoms with van der Waals surface area (Å²) in [5.74, 6) is 1.49. The van der Waals surface area contributed by atoms with Crippen LogP contribution in [0.5, 0.6) is 0 Å². The van der Waals surface area contributed by atoms with E-state index in [2.05, 4.69) is 15.6 Å². The number of aliphatic imine (C=N–C) groups is 1. The zero-order valence-electron chi connectivity index (χ0n) is 15.9. The molecule has 1 aromatic carbocycles. The van der Waals surface area contributed by atoms with Crippen molar-refractivity contribution in [1.29, 1.82) is 0 Å². The summed E-state index contributed by atoms with van der Waals surface area (Å²) in [5, 5.41) is 6.33. The average molecular weight is 518 g/mol. The maximum Gasteiger partial charge on any atom is 0.237 e. The number of nitrogens with one attached hydrogen (secondary N) is 2. The molecule has 3 rings (SSSR count). The summed E-state index contributed by atoms with van der Waals surface area (Å²) in [5.41, 5.74) is 1.88. The SMILES string of the molecule is CCNC(=NCCS(=O)(=O)N1CCc2ccccc21)NCCc1ccco1.I. The highest BCUT2D eigenvalue weighted by Gasteiger charge is 2.28. The standard InChI is InChI=1S/C19H26N4O3S.HI/c1-2-20-19(21-11-9-17-7-5-14-26-17)22-12-15-27(24,25)23-13-10-16-6-3-4-8-18(16)23;/h3-8,14H,2,9-13,15H2,1H3,(H2,20,21,22);1H. The average Bonchev–Trinajstić information content (AvgIpc) is 3.31. The van der Waals surface area contributed by atoms with Crippen LogP contribution >= 0.6 is 24.0 Å². The number of fused-ring (bicyclic) bond motifs is 1. The fourth-order valence-corrected chi connectivity index (χ4v) is 4.47. The van der Waals surface area contributed by atoms with Crippen LogP contribution in [-0.4, -0.2) is 46.3 Å². The lowest BCUT2D eigenvalue weighted by atomic mass is 10.2. The third-order valence-corrected chi connectivity index (χ3v) is 6.14. The Morgan fingerprint density at radius 2 is 2.04 bits per heavy atom. The first-order valence-corrected chi connectivity index (χ1v) is 10.8. The maximum atomic E-state index is 12.7. The molecular weight excluding hydrogens is 491 g/mol. The van der Waals surface area contributed by atoms with Gasteiger partial charge in [-0.15, -0.1) is 24.0 Å². The van der Waals surface area contributed by atoms with Crippen molar-refractivity contribution in [1.82, 2.24) is 10.6 Å². The van der Waals surface area contributed by atoms with Crippen LogP contribution in [0.3, 0.4) is 0 Å². The van der Waals surface area contributed by atoms with Crippen LogP contribution in [-0.2, 0) is 22.9 Å². The summed E-state index contributed by atoms with van der Waals surface area (Å²) >= 11 is 0. The van der Waals surface area contributed by atoms with Crippen LogP contribution in [0, 0.1) is 0 Å². The molecule has 0 saturated heterocycles. The van der Waals surface area contributed by atoms with Gasteiger partial charge in [0.25, 0.3) is 0 Å². The summed E-state index contributed by atoms with van der Waals surface area (Å²) in [4.78, 5) is 4.40. The van der Waals surface area contributed by atoms with Crippen LogP contribution in [0.4, 0.5) is 5.69 Å². The normalized spacial score (nSPS) is 13.8. The first-order valence-electron chi connectivity index (χ1n) is 9.23. The summed E-state index contributed by atoms with van der Waals surface area (Å²) in [7, 11) is -3.38. The number of sulfonamides is 1. The van der Waals surface area contributed by atoms with E-state index in [1.807, 2.05) is 43.3 Å². The molecule has 1 aliphatic heterocycles. The van der Waals surface area contributed by atoms with Gasteiger partial charge in [-0.05, 0) is 37.1 Å². The summed E-state index contributed by atoms with van der Waals surface area (Å²) in [6.45, 7) is 4.05. The van der Waals surface area contributed by atoms with Gasteiger partial charge in [0.2, 0.25) is 10.0 Å². The predicted molar refractivity (Wildman–Crippen MR) is 123 cm³/mol. The van der Waals surface area contributed by atoms with E-state index in [9.17, 15) is 8.42 Å².